The van der Waals surface area contributed by atoms with Crippen molar-refractivity contribution in [2.45, 2.75) is 19.3 Å². The average Bonchev–Trinajstić information content (AvgIpc) is 3.22. The Hall–Kier alpha value is -2.93. The molecule has 1 aromatic heterocycles. The van der Waals surface area contributed by atoms with Crippen LogP contribution >= 0.6 is 11.6 Å². The van der Waals surface area contributed by atoms with Gasteiger partial charge in [-0.1, -0.05) is 17.7 Å². The third-order valence-corrected chi connectivity index (χ3v) is 5.92. The normalized spacial score (nSPS) is 16.4. The summed E-state index contributed by atoms with van der Waals surface area (Å²) in [5.41, 5.74) is 2.87. The van der Waals surface area contributed by atoms with Crippen molar-refractivity contribution in [3.05, 3.63) is 47.0 Å². The number of methoxy groups -OCH3 is 2. The lowest BCUT2D eigenvalue weighted by molar-refractivity contribution is -0.125. The Kier molecular flexibility index (Phi) is 6.51. The maximum atomic E-state index is 12.8. The van der Waals surface area contributed by atoms with Gasteiger partial charge < -0.3 is 24.7 Å². The first-order valence-corrected chi connectivity index (χ1v) is 10.8. The van der Waals surface area contributed by atoms with E-state index in [-0.39, 0.29) is 11.8 Å². The standard InChI is InChI=1S/C23H27ClN4O3/c1-30-20-8-5-15(12-21(20)31-2)9-10-25-22(29)16-4-3-11-28(14-16)23-26-18-7-6-17(24)13-19(18)27-23/h5-8,12-13,16H,3-4,9-11,14H2,1-2H3,(H,25,29)(H,26,27)/t16-/m0/s1. The van der Waals surface area contributed by atoms with Crippen LogP contribution in [0.15, 0.2) is 36.4 Å². The zero-order valence-electron chi connectivity index (χ0n) is 17.8. The highest BCUT2D eigenvalue weighted by Crippen LogP contribution is 2.28. The number of benzene rings is 2. The van der Waals surface area contributed by atoms with E-state index in [0.717, 1.165) is 48.4 Å². The van der Waals surface area contributed by atoms with Gasteiger partial charge >= 0.3 is 0 Å². The van der Waals surface area contributed by atoms with E-state index in [9.17, 15) is 4.79 Å². The van der Waals surface area contributed by atoms with Crippen molar-refractivity contribution in [3.63, 3.8) is 0 Å². The Bertz CT molecular complexity index is 1070. The number of hydrogen-bond donors (Lipinski definition) is 2. The van der Waals surface area contributed by atoms with Gasteiger partial charge in [0.25, 0.3) is 0 Å². The summed E-state index contributed by atoms with van der Waals surface area (Å²) in [7, 11) is 3.24. The molecule has 3 aromatic rings. The molecule has 0 radical (unpaired) electrons. The summed E-state index contributed by atoms with van der Waals surface area (Å²) in [5.74, 6) is 2.21. The number of nitrogens with one attached hydrogen (secondary N) is 2. The van der Waals surface area contributed by atoms with Crippen molar-refractivity contribution in [2.75, 3.05) is 38.8 Å². The van der Waals surface area contributed by atoms with Crippen LogP contribution in [0.25, 0.3) is 11.0 Å². The van der Waals surface area contributed by atoms with Crippen molar-refractivity contribution in [2.24, 2.45) is 5.92 Å². The monoisotopic (exact) mass is 442 g/mol. The van der Waals surface area contributed by atoms with Crippen LogP contribution in [0.1, 0.15) is 18.4 Å². The number of imidazole rings is 1. The van der Waals surface area contributed by atoms with Gasteiger partial charge in [0.05, 0.1) is 31.2 Å². The summed E-state index contributed by atoms with van der Waals surface area (Å²) in [5, 5.41) is 3.76. The second-order valence-corrected chi connectivity index (χ2v) is 8.17. The number of piperidine rings is 1. The van der Waals surface area contributed by atoms with Gasteiger partial charge in [0.15, 0.2) is 11.5 Å². The van der Waals surface area contributed by atoms with Gasteiger partial charge in [-0.15, -0.1) is 0 Å². The summed E-state index contributed by atoms with van der Waals surface area (Å²) in [6.45, 7) is 2.10. The van der Waals surface area contributed by atoms with E-state index in [4.69, 9.17) is 21.1 Å². The first kappa shape index (κ1) is 21.3. The Labute approximate surface area is 186 Å². The van der Waals surface area contributed by atoms with E-state index in [2.05, 4.69) is 20.2 Å². The first-order chi connectivity index (χ1) is 15.1. The predicted molar refractivity (Wildman–Crippen MR) is 122 cm³/mol. The van der Waals surface area contributed by atoms with Crippen molar-refractivity contribution in [1.82, 2.24) is 15.3 Å². The molecule has 2 aromatic carbocycles. The fourth-order valence-electron chi connectivity index (χ4n) is 4.01. The van der Waals surface area contributed by atoms with Crippen molar-refractivity contribution in [1.29, 1.82) is 0 Å². The molecule has 1 atom stereocenters. The molecule has 1 fully saturated rings. The number of hydrogen-bond acceptors (Lipinski definition) is 5. The smallest absolute Gasteiger partial charge is 0.224 e. The molecular formula is C23H27ClN4O3. The minimum absolute atomic E-state index is 0.0593. The zero-order chi connectivity index (χ0) is 21.8. The SMILES string of the molecule is COc1ccc(CCNC(=O)[C@H]2CCCN(c3nc4ccc(Cl)cc4[nH]3)C2)cc1OC. The molecule has 1 amide bonds. The van der Waals surface area contributed by atoms with E-state index < -0.39 is 0 Å². The zero-order valence-corrected chi connectivity index (χ0v) is 18.5. The van der Waals surface area contributed by atoms with Gasteiger partial charge in [-0.25, -0.2) is 4.98 Å². The summed E-state index contributed by atoms with van der Waals surface area (Å²) in [6, 6.07) is 11.4. The molecule has 8 heteroatoms. The number of carbonyl (C=O) groups is 1. The number of aromatic amines is 1. The minimum Gasteiger partial charge on any atom is -0.493 e. The molecule has 7 nitrogen and oxygen atoms in total. The topological polar surface area (TPSA) is 79.5 Å². The van der Waals surface area contributed by atoms with Crippen molar-refractivity contribution in [3.8, 4) is 11.5 Å². The lowest BCUT2D eigenvalue weighted by atomic mass is 9.97. The molecule has 2 N–H and O–H groups in total. The van der Waals surface area contributed by atoms with Crippen LogP contribution in [0.2, 0.25) is 5.02 Å². The molecule has 1 aliphatic heterocycles. The summed E-state index contributed by atoms with van der Waals surface area (Å²) < 4.78 is 10.6. The van der Waals surface area contributed by atoms with E-state index >= 15 is 0 Å². The van der Waals surface area contributed by atoms with E-state index in [1.54, 1.807) is 14.2 Å². The number of carbonyl (C=O) groups excluding carboxylic acids is 1. The van der Waals surface area contributed by atoms with E-state index in [0.29, 0.717) is 29.6 Å². The molecule has 2 heterocycles. The molecule has 164 valence electrons. The van der Waals surface area contributed by atoms with Gasteiger partial charge in [0, 0.05) is 24.7 Å². The van der Waals surface area contributed by atoms with Crippen LogP contribution in [-0.4, -0.2) is 49.7 Å². The van der Waals surface area contributed by atoms with Gasteiger partial charge in [0.2, 0.25) is 11.9 Å². The third kappa shape index (κ3) is 4.88. The third-order valence-electron chi connectivity index (χ3n) is 5.68. The highest BCUT2D eigenvalue weighted by atomic mass is 35.5. The van der Waals surface area contributed by atoms with Crippen LogP contribution in [-0.2, 0) is 11.2 Å². The molecule has 0 bridgehead atoms. The van der Waals surface area contributed by atoms with E-state index in [1.165, 1.54) is 0 Å². The molecule has 0 spiro atoms. The van der Waals surface area contributed by atoms with Gasteiger partial charge in [0.1, 0.15) is 0 Å². The number of rotatable bonds is 7. The molecule has 0 unspecified atom stereocenters. The molecule has 1 saturated heterocycles. The van der Waals surface area contributed by atoms with Crippen LogP contribution in [0.3, 0.4) is 0 Å². The molecule has 31 heavy (non-hydrogen) atoms. The average molecular weight is 443 g/mol. The molecule has 1 aliphatic rings. The van der Waals surface area contributed by atoms with Crippen LogP contribution in [0.5, 0.6) is 11.5 Å². The number of amides is 1. The van der Waals surface area contributed by atoms with Gasteiger partial charge in [-0.05, 0) is 55.2 Å². The maximum Gasteiger partial charge on any atom is 0.224 e. The highest BCUT2D eigenvalue weighted by Gasteiger charge is 2.27. The van der Waals surface area contributed by atoms with Crippen molar-refractivity contribution < 1.29 is 14.3 Å². The summed E-state index contributed by atoms with van der Waals surface area (Å²) >= 11 is 6.08. The molecule has 0 saturated carbocycles. The number of nitrogens with zero attached hydrogens (tertiary/aromatic N) is 2. The van der Waals surface area contributed by atoms with Gasteiger partial charge in [-0.2, -0.15) is 0 Å². The van der Waals surface area contributed by atoms with Gasteiger partial charge in [-0.3, -0.25) is 4.79 Å². The molecule has 4 rings (SSSR count). The van der Waals surface area contributed by atoms with Crippen LogP contribution < -0.4 is 19.7 Å². The minimum atomic E-state index is -0.0593. The van der Waals surface area contributed by atoms with Crippen LogP contribution in [0, 0.1) is 5.92 Å². The van der Waals surface area contributed by atoms with Crippen LogP contribution in [0.4, 0.5) is 5.95 Å². The number of halogens is 1. The Morgan fingerprint density at radius 3 is 2.87 bits per heavy atom. The number of ether oxygens (including phenoxy) is 2. The number of aromatic nitrogens is 2. The van der Waals surface area contributed by atoms with E-state index in [1.807, 2.05) is 36.4 Å². The summed E-state index contributed by atoms with van der Waals surface area (Å²) in [6.07, 6.45) is 2.56. The molecular weight excluding hydrogens is 416 g/mol. The predicted octanol–water partition coefficient (Wildman–Crippen LogP) is 3.81. The maximum absolute atomic E-state index is 12.8. The lowest BCUT2D eigenvalue weighted by Crippen LogP contribution is -2.43. The van der Waals surface area contributed by atoms with Crippen molar-refractivity contribution >= 4 is 34.5 Å². The fourth-order valence-corrected chi connectivity index (χ4v) is 4.18. The molecule has 0 aliphatic carbocycles. The second-order valence-electron chi connectivity index (χ2n) is 7.74. The lowest BCUT2D eigenvalue weighted by Gasteiger charge is -2.31. The Morgan fingerprint density at radius 1 is 1.23 bits per heavy atom. The second kappa shape index (κ2) is 9.47. The Balaban J connectivity index is 1.33. The quantitative estimate of drug-likeness (QED) is 0.581. The fraction of sp³-hybridized carbons (Fsp3) is 0.391. The number of H-pyrrole nitrogens is 1. The summed E-state index contributed by atoms with van der Waals surface area (Å²) in [4.78, 5) is 22.9. The Morgan fingerprint density at radius 2 is 2.06 bits per heavy atom. The first-order valence-electron chi connectivity index (χ1n) is 10.5. The highest BCUT2D eigenvalue weighted by molar-refractivity contribution is 6.31. The largest absolute Gasteiger partial charge is 0.493 e. The number of anilines is 1. The number of fused-ring (bicyclic) bond motifs is 1.